The average Bonchev–Trinajstić information content (AvgIpc) is 2.59. The van der Waals surface area contributed by atoms with Crippen molar-refractivity contribution in [2.24, 2.45) is 0 Å². The van der Waals surface area contributed by atoms with E-state index in [0.717, 1.165) is 5.69 Å². The monoisotopic (exact) mass is 346 g/mol. The van der Waals surface area contributed by atoms with Gasteiger partial charge in [0.1, 0.15) is 0 Å². The summed E-state index contributed by atoms with van der Waals surface area (Å²) in [5, 5.41) is 19.6. The number of hydrogen-bond acceptors (Lipinski definition) is 7. The highest BCUT2D eigenvalue weighted by atomic mass is 32.2. The Morgan fingerprint density at radius 1 is 1.21 bits per heavy atom. The number of sulfonamides is 1. The Kier molecular flexibility index (Phi) is 5.68. The molecule has 1 aromatic carbocycles. The summed E-state index contributed by atoms with van der Waals surface area (Å²) in [6, 6.07) is 9.51. The molecule has 1 aromatic heterocycles. The fraction of sp³-hybridized carbons (Fsp3) is 0.267. The van der Waals surface area contributed by atoms with Crippen LogP contribution in [-0.2, 0) is 10.0 Å². The van der Waals surface area contributed by atoms with E-state index in [0.29, 0.717) is 17.9 Å². The van der Waals surface area contributed by atoms with Crippen LogP contribution >= 0.6 is 0 Å². The Balaban J connectivity index is 1.89. The van der Waals surface area contributed by atoms with Gasteiger partial charge in [0, 0.05) is 33.3 Å². The number of nitrogens with zero attached hydrogens (tertiary/aromatic N) is 4. The zero-order valence-electron chi connectivity index (χ0n) is 13.4. The Morgan fingerprint density at radius 3 is 2.54 bits per heavy atom. The van der Waals surface area contributed by atoms with Crippen LogP contribution in [-0.4, -0.2) is 45.8 Å². The fourth-order valence-corrected chi connectivity index (χ4v) is 2.89. The van der Waals surface area contributed by atoms with Gasteiger partial charge in [-0.05, 0) is 24.3 Å². The van der Waals surface area contributed by atoms with Gasteiger partial charge in [-0.1, -0.05) is 0 Å². The van der Waals surface area contributed by atoms with Crippen molar-refractivity contribution in [2.75, 3.05) is 37.4 Å². The van der Waals surface area contributed by atoms with Gasteiger partial charge in [-0.3, -0.25) is 0 Å². The van der Waals surface area contributed by atoms with Crippen LogP contribution in [0.5, 0.6) is 0 Å². The van der Waals surface area contributed by atoms with Crippen LogP contribution in [0.25, 0.3) is 0 Å². The first-order chi connectivity index (χ1) is 11.4. The molecule has 0 saturated carbocycles. The SMILES string of the molecule is CN(C)c1cnnc(NCCNS(=O)(=O)c2ccc(C#N)cc2)c1. The summed E-state index contributed by atoms with van der Waals surface area (Å²) in [6.07, 6.45) is 1.64. The minimum atomic E-state index is -3.60. The van der Waals surface area contributed by atoms with E-state index >= 15 is 0 Å². The second-order valence-electron chi connectivity index (χ2n) is 5.15. The zero-order valence-corrected chi connectivity index (χ0v) is 14.2. The topological polar surface area (TPSA) is 111 Å². The largest absolute Gasteiger partial charge is 0.376 e. The maximum absolute atomic E-state index is 12.1. The van der Waals surface area contributed by atoms with Crippen LogP contribution in [0.4, 0.5) is 11.5 Å². The van der Waals surface area contributed by atoms with Crippen molar-refractivity contribution < 1.29 is 8.42 Å². The zero-order chi connectivity index (χ0) is 17.6. The third kappa shape index (κ3) is 4.65. The summed E-state index contributed by atoms with van der Waals surface area (Å²) in [6.45, 7) is 0.553. The molecule has 0 aliphatic heterocycles. The molecule has 0 saturated heterocycles. The molecule has 2 rings (SSSR count). The summed E-state index contributed by atoms with van der Waals surface area (Å²) in [4.78, 5) is 2.02. The number of hydrogen-bond donors (Lipinski definition) is 2. The van der Waals surface area contributed by atoms with Crippen molar-refractivity contribution in [3.8, 4) is 6.07 Å². The summed E-state index contributed by atoms with van der Waals surface area (Å²) >= 11 is 0. The highest BCUT2D eigenvalue weighted by molar-refractivity contribution is 7.89. The van der Waals surface area contributed by atoms with Gasteiger partial charge in [0.15, 0.2) is 5.82 Å². The Labute approximate surface area is 141 Å². The molecule has 0 fully saturated rings. The van der Waals surface area contributed by atoms with Gasteiger partial charge in [-0.15, -0.1) is 5.10 Å². The summed E-state index contributed by atoms with van der Waals surface area (Å²) in [5.41, 5.74) is 1.31. The molecule has 0 atom stereocenters. The molecule has 0 bridgehead atoms. The fourth-order valence-electron chi connectivity index (χ4n) is 1.86. The first-order valence-electron chi connectivity index (χ1n) is 7.16. The Hall–Kier alpha value is -2.70. The van der Waals surface area contributed by atoms with Gasteiger partial charge in [-0.25, -0.2) is 13.1 Å². The Morgan fingerprint density at radius 2 is 1.92 bits per heavy atom. The molecule has 9 heteroatoms. The molecule has 2 aromatic rings. The van der Waals surface area contributed by atoms with E-state index < -0.39 is 10.0 Å². The third-order valence-electron chi connectivity index (χ3n) is 3.17. The van der Waals surface area contributed by atoms with Crippen molar-refractivity contribution in [1.29, 1.82) is 5.26 Å². The molecule has 0 radical (unpaired) electrons. The smallest absolute Gasteiger partial charge is 0.240 e. The van der Waals surface area contributed by atoms with Gasteiger partial charge < -0.3 is 10.2 Å². The molecular weight excluding hydrogens is 328 g/mol. The standard InChI is InChI=1S/C15H18N6O2S/c1-21(2)13-9-15(20-18-11-13)17-7-8-19-24(22,23)14-5-3-12(10-16)4-6-14/h3-6,9,11,19H,7-8H2,1-2H3,(H,17,20). The van der Waals surface area contributed by atoms with Crippen LogP contribution in [0, 0.1) is 11.3 Å². The molecule has 126 valence electrons. The molecule has 24 heavy (non-hydrogen) atoms. The number of nitrogens with one attached hydrogen (secondary N) is 2. The highest BCUT2D eigenvalue weighted by Gasteiger charge is 2.12. The van der Waals surface area contributed by atoms with E-state index in [4.69, 9.17) is 5.26 Å². The van der Waals surface area contributed by atoms with Crippen LogP contribution in [0.1, 0.15) is 5.56 Å². The lowest BCUT2D eigenvalue weighted by atomic mass is 10.2. The van der Waals surface area contributed by atoms with Crippen LogP contribution < -0.4 is 14.9 Å². The predicted octanol–water partition coefficient (Wildman–Crippen LogP) is 0.805. The molecule has 0 aliphatic rings. The molecule has 8 nitrogen and oxygen atoms in total. The lowest BCUT2D eigenvalue weighted by Gasteiger charge is -2.13. The van der Waals surface area contributed by atoms with Crippen LogP contribution in [0.2, 0.25) is 0 Å². The van der Waals surface area contributed by atoms with Crippen LogP contribution in [0.15, 0.2) is 41.4 Å². The van der Waals surface area contributed by atoms with E-state index in [1.165, 1.54) is 24.3 Å². The average molecular weight is 346 g/mol. The molecule has 0 spiro atoms. The van der Waals surface area contributed by atoms with Gasteiger partial charge in [0.2, 0.25) is 10.0 Å². The van der Waals surface area contributed by atoms with E-state index in [1.54, 1.807) is 6.20 Å². The number of aromatic nitrogens is 2. The quantitative estimate of drug-likeness (QED) is 0.713. The molecular formula is C15H18N6O2S. The summed E-state index contributed by atoms with van der Waals surface area (Å²) in [7, 11) is 0.186. The minimum Gasteiger partial charge on any atom is -0.376 e. The molecule has 2 N–H and O–H groups in total. The summed E-state index contributed by atoms with van der Waals surface area (Å²) in [5.74, 6) is 0.568. The van der Waals surface area contributed by atoms with Crippen LogP contribution in [0.3, 0.4) is 0 Å². The van der Waals surface area contributed by atoms with E-state index in [2.05, 4.69) is 20.2 Å². The first kappa shape index (κ1) is 17.7. The van der Waals surface area contributed by atoms with Crippen molar-refractivity contribution in [3.05, 3.63) is 42.1 Å². The molecule has 1 heterocycles. The van der Waals surface area contributed by atoms with E-state index in [-0.39, 0.29) is 11.4 Å². The van der Waals surface area contributed by atoms with Crippen molar-refractivity contribution in [1.82, 2.24) is 14.9 Å². The minimum absolute atomic E-state index is 0.121. The lowest BCUT2D eigenvalue weighted by molar-refractivity contribution is 0.583. The lowest BCUT2D eigenvalue weighted by Crippen LogP contribution is -2.29. The van der Waals surface area contributed by atoms with E-state index in [9.17, 15) is 8.42 Å². The van der Waals surface area contributed by atoms with Gasteiger partial charge in [-0.2, -0.15) is 10.4 Å². The van der Waals surface area contributed by atoms with Crippen molar-refractivity contribution >= 4 is 21.5 Å². The molecule has 0 unspecified atom stereocenters. The maximum atomic E-state index is 12.1. The Bertz CT molecular complexity index is 828. The number of rotatable bonds is 7. The van der Waals surface area contributed by atoms with E-state index in [1.807, 2.05) is 31.1 Å². The first-order valence-corrected chi connectivity index (χ1v) is 8.64. The molecule has 0 aliphatic carbocycles. The van der Waals surface area contributed by atoms with Gasteiger partial charge in [0.05, 0.1) is 28.4 Å². The second kappa shape index (κ2) is 7.72. The van der Waals surface area contributed by atoms with Crippen molar-refractivity contribution in [2.45, 2.75) is 4.90 Å². The maximum Gasteiger partial charge on any atom is 0.240 e. The van der Waals surface area contributed by atoms with Gasteiger partial charge in [0.25, 0.3) is 0 Å². The molecule has 0 amide bonds. The predicted molar refractivity (Wildman–Crippen MR) is 91.2 cm³/mol. The summed E-state index contributed by atoms with van der Waals surface area (Å²) < 4.78 is 26.7. The normalized spacial score (nSPS) is 10.9. The number of benzene rings is 1. The third-order valence-corrected chi connectivity index (χ3v) is 4.65. The number of nitriles is 1. The highest BCUT2D eigenvalue weighted by Crippen LogP contribution is 2.12. The second-order valence-corrected chi connectivity index (χ2v) is 6.92. The van der Waals surface area contributed by atoms with Crippen molar-refractivity contribution in [3.63, 3.8) is 0 Å². The van der Waals surface area contributed by atoms with Gasteiger partial charge >= 0.3 is 0 Å². The number of anilines is 2.